The van der Waals surface area contributed by atoms with E-state index in [0.29, 0.717) is 5.56 Å². The van der Waals surface area contributed by atoms with Crippen molar-refractivity contribution >= 4 is 33.2 Å². The third kappa shape index (κ3) is 4.96. The van der Waals surface area contributed by atoms with Crippen molar-refractivity contribution < 1.29 is 13.2 Å². The third-order valence-corrected chi connectivity index (χ3v) is 5.49. The fourth-order valence-corrected chi connectivity index (χ4v) is 3.43. The van der Waals surface area contributed by atoms with Crippen LogP contribution in [-0.2, 0) is 10.0 Å². The molecule has 0 unspecified atom stereocenters. The Morgan fingerprint density at radius 1 is 1.16 bits per heavy atom. The Hall–Kier alpha value is -2.05. The standard InChI is InChI=1S/C18H21ClN2O3S/c1-4-13(3)20-18(22)14-7-10-17(16(19)11-14)21-25(23,24)15-8-5-12(2)6-9-15/h5-11,13,21H,4H2,1-3H3,(H,20,22)/t13-/m0/s1. The van der Waals surface area contributed by atoms with Gasteiger partial charge in [-0.05, 0) is 50.6 Å². The molecule has 1 amide bonds. The molecule has 7 heteroatoms. The van der Waals surface area contributed by atoms with Crippen molar-refractivity contribution in [1.29, 1.82) is 0 Å². The van der Waals surface area contributed by atoms with Crippen LogP contribution in [0.4, 0.5) is 5.69 Å². The first-order valence-electron chi connectivity index (χ1n) is 7.93. The number of amides is 1. The van der Waals surface area contributed by atoms with Crippen molar-refractivity contribution in [2.45, 2.75) is 38.1 Å². The van der Waals surface area contributed by atoms with E-state index in [-0.39, 0.29) is 27.6 Å². The Morgan fingerprint density at radius 2 is 1.80 bits per heavy atom. The van der Waals surface area contributed by atoms with Crippen LogP contribution < -0.4 is 10.0 Å². The zero-order valence-electron chi connectivity index (χ0n) is 14.3. The molecule has 2 aromatic carbocycles. The van der Waals surface area contributed by atoms with Crippen molar-refractivity contribution in [3.8, 4) is 0 Å². The number of hydrogen-bond acceptors (Lipinski definition) is 3. The van der Waals surface area contributed by atoms with Crippen molar-refractivity contribution in [2.75, 3.05) is 4.72 Å². The van der Waals surface area contributed by atoms with Gasteiger partial charge in [0, 0.05) is 11.6 Å². The van der Waals surface area contributed by atoms with E-state index in [1.165, 1.54) is 30.3 Å². The Bertz CT molecular complexity index is 864. The number of nitrogens with one attached hydrogen (secondary N) is 2. The highest BCUT2D eigenvalue weighted by atomic mass is 35.5. The van der Waals surface area contributed by atoms with E-state index in [2.05, 4.69) is 10.0 Å². The van der Waals surface area contributed by atoms with Crippen LogP contribution in [0.1, 0.15) is 36.2 Å². The second kappa shape index (κ2) is 7.89. The molecule has 5 nitrogen and oxygen atoms in total. The lowest BCUT2D eigenvalue weighted by molar-refractivity contribution is 0.0939. The summed E-state index contributed by atoms with van der Waals surface area (Å²) >= 11 is 6.16. The molecule has 0 aliphatic carbocycles. The van der Waals surface area contributed by atoms with Gasteiger partial charge in [0.2, 0.25) is 0 Å². The average Bonchev–Trinajstić information content (AvgIpc) is 2.56. The van der Waals surface area contributed by atoms with Crippen molar-refractivity contribution in [2.24, 2.45) is 0 Å². The molecule has 25 heavy (non-hydrogen) atoms. The van der Waals surface area contributed by atoms with Crippen LogP contribution in [0.5, 0.6) is 0 Å². The second-order valence-electron chi connectivity index (χ2n) is 5.90. The highest BCUT2D eigenvalue weighted by Crippen LogP contribution is 2.26. The number of sulfonamides is 1. The van der Waals surface area contributed by atoms with Crippen LogP contribution >= 0.6 is 11.6 Å². The smallest absolute Gasteiger partial charge is 0.261 e. The second-order valence-corrected chi connectivity index (χ2v) is 7.99. The van der Waals surface area contributed by atoms with Gasteiger partial charge in [-0.25, -0.2) is 8.42 Å². The lowest BCUT2D eigenvalue weighted by Gasteiger charge is -2.13. The third-order valence-electron chi connectivity index (χ3n) is 3.80. The summed E-state index contributed by atoms with van der Waals surface area (Å²) in [6.45, 7) is 5.76. The number of aryl methyl sites for hydroxylation is 1. The number of carbonyl (C=O) groups is 1. The molecule has 0 saturated heterocycles. The molecular weight excluding hydrogens is 360 g/mol. The summed E-state index contributed by atoms with van der Waals surface area (Å²) in [5.74, 6) is -0.246. The minimum absolute atomic E-state index is 0.0472. The summed E-state index contributed by atoms with van der Waals surface area (Å²) in [7, 11) is -3.74. The van der Waals surface area contributed by atoms with Gasteiger partial charge < -0.3 is 5.32 Å². The molecule has 0 spiro atoms. The van der Waals surface area contributed by atoms with E-state index in [1.807, 2.05) is 20.8 Å². The molecule has 0 heterocycles. The fraction of sp³-hybridized carbons (Fsp3) is 0.278. The quantitative estimate of drug-likeness (QED) is 0.795. The number of hydrogen-bond donors (Lipinski definition) is 2. The molecule has 0 aliphatic rings. The van der Waals surface area contributed by atoms with Gasteiger partial charge in [0.25, 0.3) is 15.9 Å². The maximum Gasteiger partial charge on any atom is 0.261 e. The predicted octanol–water partition coefficient (Wildman–Crippen LogP) is 3.98. The lowest BCUT2D eigenvalue weighted by Crippen LogP contribution is -2.31. The lowest BCUT2D eigenvalue weighted by atomic mass is 10.1. The molecule has 0 aromatic heterocycles. The van der Waals surface area contributed by atoms with E-state index in [0.717, 1.165) is 12.0 Å². The largest absolute Gasteiger partial charge is 0.350 e. The maximum atomic E-state index is 12.4. The van der Waals surface area contributed by atoms with Crippen LogP contribution in [0.25, 0.3) is 0 Å². The summed E-state index contributed by atoms with van der Waals surface area (Å²) in [5, 5.41) is 3.00. The Morgan fingerprint density at radius 3 is 2.36 bits per heavy atom. The number of rotatable bonds is 6. The topological polar surface area (TPSA) is 75.3 Å². The van der Waals surface area contributed by atoms with E-state index in [1.54, 1.807) is 12.1 Å². The first kappa shape index (κ1) is 19.3. The highest BCUT2D eigenvalue weighted by molar-refractivity contribution is 7.92. The monoisotopic (exact) mass is 380 g/mol. The van der Waals surface area contributed by atoms with Gasteiger partial charge in [-0.15, -0.1) is 0 Å². The summed E-state index contributed by atoms with van der Waals surface area (Å²) < 4.78 is 27.3. The zero-order valence-corrected chi connectivity index (χ0v) is 15.9. The Labute approximate surface area is 153 Å². The maximum absolute atomic E-state index is 12.4. The Kier molecular flexibility index (Phi) is 6.08. The van der Waals surface area contributed by atoms with Crippen molar-refractivity contribution in [3.05, 3.63) is 58.6 Å². The van der Waals surface area contributed by atoms with E-state index in [4.69, 9.17) is 11.6 Å². The number of halogens is 1. The van der Waals surface area contributed by atoms with E-state index >= 15 is 0 Å². The molecule has 0 aliphatic heterocycles. The minimum atomic E-state index is -3.74. The number of carbonyl (C=O) groups excluding carboxylic acids is 1. The van der Waals surface area contributed by atoms with Crippen LogP contribution in [0, 0.1) is 6.92 Å². The van der Waals surface area contributed by atoms with Gasteiger partial charge in [0.05, 0.1) is 15.6 Å². The number of anilines is 1. The molecule has 0 bridgehead atoms. The molecule has 2 rings (SSSR count). The molecule has 1 atom stereocenters. The number of benzene rings is 2. The molecule has 2 N–H and O–H groups in total. The average molecular weight is 381 g/mol. The molecule has 134 valence electrons. The van der Waals surface area contributed by atoms with Gasteiger partial charge in [-0.1, -0.05) is 36.2 Å². The van der Waals surface area contributed by atoms with Crippen LogP contribution in [-0.4, -0.2) is 20.4 Å². The van der Waals surface area contributed by atoms with Crippen molar-refractivity contribution in [1.82, 2.24) is 5.32 Å². The normalized spacial score (nSPS) is 12.5. The zero-order chi connectivity index (χ0) is 18.6. The van der Waals surface area contributed by atoms with E-state index in [9.17, 15) is 13.2 Å². The molecule has 0 saturated carbocycles. The van der Waals surface area contributed by atoms with Crippen LogP contribution in [0.2, 0.25) is 5.02 Å². The molecule has 0 fully saturated rings. The first-order valence-corrected chi connectivity index (χ1v) is 9.79. The van der Waals surface area contributed by atoms with E-state index < -0.39 is 10.0 Å². The fourth-order valence-electron chi connectivity index (χ4n) is 2.07. The summed E-state index contributed by atoms with van der Waals surface area (Å²) in [5.41, 5.74) is 1.57. The predicted molar refractivity (Wildman–Crippen MR) is 101 cm³/mol. The van der Waals surface area contributed by atoms with Crippen LogP contribution in [0.3, 0.4) is 0 Å². The van der Waals surface area contributed by atoms with Crippen molar-refractivity contribution in [3.63, 3.8) is 0 Å². The van der Waals surface area contributed by atoms with Crippen LogP contribution in [0.15, 0.2) is 47.4 Å². The summed E-state index contributed by atoms with van der Waals surface area (Å²) in [6.07, 6.45) is 0.813. The Balaban J connectivity index is 2.21. The van der Waals surface area contributed by atoms with Gasteiger partial charge in [-0.3, -0.25) is 9.52 Å². The first-order chi connectivity index (χ1) is 11.7. The van der Waals surface area contributed by atoms with Gasteiger partial charge in [0.15, 0.2) is 0 Å². The SMILES string of the molecule is CC[C@H](C)NC(=O)c1ccc(NS(=O)(=O)c2ccc(C)cc2)c(Cl)c1. The minimum Gasteiger partial charge on any atom is -0.350 e. The van der Waals surface area contributed by atoms with Gasteiger partial charge in [0.1, 0.15) is 0 Å². The molecule has 0 radical (unpaired) electrons. The summed E-state index contributed by atoms with van der Waals surface area (Å²) in [6, 6.07) is 11.0. The van der Waals surface area contributed by atoms with Gasteiger partial charge in [-0.2, -0.15) is 0 Å². The summed E-state index contributed by atoms with van der Waals surface area (Å²) in [4.78, 5) is 12.3. The molecular formula is C18H21ClN2O3S. The molecule has 2 aromatic rings. The van der Waals surface area contributed by atoms with Gasteiger partial charge >= 0.3 is 0 Å². The highest BCUT2D eigenvalue weighted by Gasteiger charge is 2.17.